The van der Waals surface area contributed by atoms with E-state index in [4.69, 9.17) is 4.74 Å². The Morgan fingerprint density at radius 1 is 1.37 bits per heavy atom. The van der Waals surface area contributed by atoms with E-state index in [-0.39, 0.29) is 12.3 Å². The number of benzene rings is 1. The summed E-state index contributed by atoms with van der Waals surface area (Å²) >= 11 is 1.62. The number of fused-ring (bicyclic) bond motifs is 3. The summed E-state index contributed by atoms with van der Waals surface area (Å²) < 4.78 is 5.94. The summed E-state index contributed by atoms with van der Waals surface area (Å²) in [7, 11) is 0. The first kappa shape index (κ1) is 19.8. The standard InChI is InChI=1S/C17H21NO3.C3H5NOS/c1-3-11-6-5-7-12-13-8-9-21-17(4-2,10-14(19)20)16(13)18-15(11)12;5-3-1-6-2-4-3/h5-7,18H,3-4,8-10H2,1-2H3,(H,19,20);1-2H2,(H,4,5)/t17-;/m1./s1. The van der Waals surface area contributed by atoms with Gasteiger partial charge in [-0.2, -0.15) is 0 Å². The number of ether oxygens (including phenoxy) is 1. The molecule has 0 spiro atoms. The van der Waals surface area contributed by atoms with E-state index in [2.05, 4.69) is 35.4 Å². The molecule has 146 valence electrons. The number of rotatable bonds is 4. The Bertz CT molecular complexity index is 840. The van der Waals surface area contributed by atoms with Crippen LogP contribution in [0.1, 0.15) is 43.5 Å². The van der Waals surface area contributed by atoms with Crippen molar-refractivity contribution in [3.63, 3.8) is 0 Å². The summed E-state index contributed by atoms with van der Waals surface area (Å²) in [6, 6.07) is 6.32. The van der Waals surface area contributed by atoms with Crippen LogP contribution >= 0.6 is 11.8 Å². The lowest BCUT2D eigenvalue weighted by Gasteiger charge is -2.35. The predicted molar refractivity (Wildman–Crippen MR) is 107 cm³/mol. The molecule has 1 amide bonds. The van der Waals surface area contributed by atoms with Crippen molar-refractivity contribution in [1.82, 2.24) is 10.3 Å². The molecule has 1 atom stereocenters. The summed E-state index contributed by atoms with van der Waals surface area (Å²) in [4.78, 5) is 24.9. The van der Waals surface area contributed by atoms with Crippen LogP contribution in [-0.2, 0) is 32.8 Å². The maximum atomic E-state index is 11.3. The normalized spacial score (nSPS) is 21.3. The Morgan fingerprint density at radius 2 is 2.19 bits per heavy atom. The Hall–Kier alpha value is -1.99. The molecule has 27 heavy (non-hydrogen) atoms. The van der Waals surface area contributed by atoms with Crippen molar-refractivity contribution in [3.05, 3.63) is 35.0 Å². The highest BCUT2D eigenvalue weighted by Crippen LogP contribution is 2.42. The van der Waals surface area contributed by atoms with E-state index in [9.17, 15) is 14.7 Å². The van der Waals surface area contributed by atoms with Gasteiger partial charge >= 0.3 is 5.97 Å². The van der Waals surface area contributed by atoms with Gasteiger partial charge in [0.1, 0.15) is 5.60 Å². The van der Waals surface area contributed by atoms with Gasteiger partial charge < -0.3 is 20.1 Å². The minimum Gasteiger partial charge on any atom is -0.481 e. The van der Waals surface area contributed by atoms with Gasteiger partial charge in [-0.05, 0) is 30.4 Å². The monoisotopic (exact) mass is 390 g/mol. The number of H-pyrrole nitrogens is 1. The lowest BCUT2D eigenvalue weighted by molar-refractivity contribution is -0.148. The Balaban J connectivity index is 0.000000299. The van der Waals surface area contributed by atoms with Crippen molar-refractivity contribution in [2.24, 2.45) is 0 Å². The lowest BCUT2D eigenvalue weighted by atomic mass is 9.86. The molecule has 1 aromatic heterocycles. The van der Waals surface area contributed by atoms with E-state index in [0.717, 1.165) is 29.9 Å². The zero-order valence-corrected chi connectivity index (χ0v) is 16.6. The number of carboxylic acid groups (broad SMARTS) is 1. The molecule has 3 heterocycles. The third-order valence-corrected chi connectivity index (χ3v) is 6.02. The van der Waals surface area contributed by atoms with Gasteiger partial charge in [-0.15, -0.1) is 11.8 Å². The van der Waals surface area contributed by atoms with Crippen LogP contribution in [0.15, 0.2) is 18.2 Å². The SMILES string of the molecule is CCc1cccc2c3c([nH]c12)[C@@](CC)(CC(=O)O)OCC3.O=C1CSCN1. The van der Waals surface area contributed by atoms with Crippen LogP contribution in [0.2, 0.25) is 0 Å². The second kappa shape index (κ2) is 8.35. The fourth-order valence-corrected chi connectivity index (χ4v) is 4.46. The van der Waals surface area contributed by atoms with Crippen molar-refractivity contribution < 1.29 is 19.4 Å². The molecule has 0 bridgehead atoms. The number of carbonyl (C=O) groups is 2. The minimum atomic E-state index is -0.820. The molecular formula is C20H26N2O4S. The fraction of sp³-hybridized carbons (Fsp3) is 0.500. The summed E-state index contributed by atoms with van der Waals surface area (Å²) in [5, 5.41) is 13.1. The van der Waals surface area contributed by atoms with Gasteiger partial charge in [0.25, 0.3) is 0 Å². The number of aromatic nitrogens is 1. The van der Waals surface area contributed by atoms with Crippen LogP contribution in [0.5, 0.6) is 0 Å². The third kappa shape index (κ3) is 3.99. The van der Waals surface area contributed by atoms with Gasteiger partial charge in [-0.3, -0.25) is 9.59 Å². The van der Waals surface area contributed by atoms with Crippen LogP contribution in [0.25, 0.3) is 10.9 Å². The molecule has 6 nitrogen and oxygen atoms in total. The summed E-state index contributed by atoms with van der Waals surface area (Å²) in [6.45, 7) is 4.71. The molecule has 1 saturated heterocycles. The van der Waals surface area contributed by atoms with Crippen molar-refractivity contribution in [2.45, 2.75) is 45.1 Å². The van der Waals surface area contributed by atoms with Crippen LogP contribution < -0.4 is 5.32 Å². The van der Waals surface area contributed by atoms with Crippen LogP contribution in [0.4, 0.5) is 0 Å². The molecule has 0 radical (unpaired) electrons. The first-order valence-electron chi connectivity index (χ1n) is 9.34. The molecule has 4 rings (SSSR count). The first-order chi connectivity index (χ1) is 13.0. The van der Waals surface area contributed by atoms with Crippen LogP contribution in [0.3, 0.4) is 0 Å². The number of carbonyl (C=O) groups excluding carboxylic acids is 1. The van der Waals surface area contributed by atoms with Crippen molar-refractivity contribution in [2.75, 3.05) is 18.2 Å². The number of hydrogen-bond acceptors (Lipinski definition) is 4. The van der Waals surface area contributed by atoms with E-state index in [1.807, 2.05) is 6.92 Å². The molecule has 1 aromatic carbocycles. The van der Waals surface area contributed by atoms with E-state index in [1.54, 1.807) is 11.8 Å². The Kier molecular flexibility index (Phi) is 6.11. The van der Waals surface area contributed by atoms with Crippen LogP contribution in [0, 0.1) is 0 Å². The lowest BCUT2D eigenvalue weighted by Crippen LogP contribution is -2.37. The Morgan fingerprint density at radius 3 is 2.74 bits per heavy atom. The largest absolute Gasteiger partial charge is 0.481 e. The highest BCUT2D eigenvalue weighted by molar-refractivity contribution is 8.00. The molecule has 1 fully saturated rings. The molecule has 0 aliphatic carbocycles. The van der Waals surface area contributed by atoms with Crippen molar-refractivity contribution in [3.8, 4) is 0 Å². The molecule has 7 heteroatoms. The number of aryl methyl sites for hydroxylation is 1. The van der Waals surface area contributed by atoms with Gasteiger partial charge in [-0.25, -0.2) is 0 Å². The molecule has 2 aliphatic rings. The maximum absolute atomic E-state index is 11.3. The second-order valence-electron chi connectivity index (χ2n) is 6.78. The van der Waals surface area contributed by atoms with Crippen LogP contribution in [-0.4, -0.2) is 40.2 Å². The highest BCUT2D eigenvalue weighted by Gasteiger charge is 2.40. The van der Waals surface area contributed by atoms with Gasteiger partial charge in [0.05, 0.1) is 30.4 Å². The fourth-order valence-electron chi connectivity index (χ4n) is 3.81. The van der Waals surface area contributed by atoms with Gasteiger partial charge in [0, 0.05) is 10.9 Å². The third-order valence-electron chi connectivity index (χ3n) is 5.21. The quantitative estimate of drug-likeness (QED) is 0.746. The molecule has 0 saturated carbocycles. The molecule has 2 aliphatic heterocycles. The Labute approximate surface area is 163 Å². The first-order valence-corrected chi connectivity index (χ1v) is 10.5. The number of aromatic amines is 1. The topological polar surface area (TPSA) is 91.4 Å². The van der Waals surface area contributed by atoms with Gasteiger partial charge in [-0.1, -0.05) is 32.0 Å². The van der Waals surface area contributed by atoms with Crippen molar-refractivity contribution >= 4 is 34.5 Å². The number of thioether (sulfide) groups is 1. The molecule has 2 aromatic rings. The number of amides is 1. The smallest absolute Gasteiger partial charge is 0.306 e. The zero-order valence-electron chi connectivity index (χ0n) is 15.8. The predicted octanol–water partition coefficient (Wildman–Crippen LogP) is 3.19. The van der Waals surface area contributed by atoms with E-state index in [0.29, 0.717) is 18.8 Å². The number of hydrogen-bond donors (Lipinski definition) is 3. The number of aliphatic carboxylic acids is 1. The van der Waals surface area contributed by atoms with Gasteiger partial charge in [0.15, 0.2) is 0 Å². The minimum absolute atomic E-state index is 0.00474. The maximum Gasteiger partial charge on any atom is 0.306 e. The summed E-state index contributed by atoms with van der Waals surface area (Å²) in [5.41, 5.74) is 3.88. The summed E-state index contributed by atoms with van der Waals surface area (Å²) in [6.07, 6.45) is 2.45. The second-order valence-corrected chi connectivity index (χ2v) is 7.77. The van der Waals surface area contributed by atoms with E-state index >= 15 is 0 Å². The van der Waals surface area contributed by atoms with Crippen molar-refractivity contribution in [1.29, 1.82) is 0 Å². The molecule has 3 N–H and O–H groups in total. The zero-order chi connectivity index (χ0) is 19.4. The molecule has 0 unspecified atom stereocenters. The van der Waals surface area contributed by atoms with E-state index in [1.165, 1.54) is 16.5 Å². The number of nitrogens with one attached hydrogen (secondary N) is 2. The molecular weight excluding hydrogens is 364 g/mol. The average molecular weight is 391 g/mol. The highest BCUT2D eigenvalue weighted by atomic mass is 32.2. The summed E-state index contributed by atoms with van der Waals surface area (Å²) in [5.74, 6) is 0.804. The van der Waals surface area contributed by atoms with Gasteiger partial charge in [0.2, 0.25) is 5.91 Å². The van der Waals surface area contributed by atoms with E-state index < -0.39 is 11.6 Å². The average Bonchev–Trinajstić information content (AvgIpc) is 3.29. The number of para-hydroxylation sites is 1. The number of carboxylic acids is 1.